The molecule has 0 aliphatic rings. The van der Waals surface area contributed by atoms with E-state index < -0.39 is 5.97 Å². The number of thiophene rings is 1. The van der Waals surface area contributed by atoms with Crippen LogP contribution in [0.3, 0.4) is 0 Å². The summed E-state index contributed by atoms with van der Waals surface area (Å²) in [5.41, 5.74) is 3.25. The van der Waals surface area contributed by atoms with E-state index in [2.05, 4.69) is 31.2 Å². The van der Waals surface area contributed by atoms with Crippen molar-refractivity contribution in [2.45, 2.75) is 53.6 Å². The fourth-order valence-corrected chi connectivity index (χ4v) is 3.51. The number of hydrogen-bond donors (Lipinski definition) is 2. The smallest absolute Gasteiger partial charge is 0.345 e. The summed E-state index contributed by atoms with van der Waals surface area (Å²) < 4.78 is 2.02. The predicted octanol–water partition coefficient (Wildman–Crippen LogP) is 3.16. The number of hydrogen-bond acceptors (Lipinski definition) is 4. The van der Waals surface area contributed by atoms with Crippen LogP contribution in [0.5, 0.6) is 0 Å². The third-order valence-corrected chi connectivity index (χ3v) is 5.08. The Hall–Kier alpha value is -2.15. The summed E-state index contributed by atoms with van der Waals surface area (Å²) in [6.45, 7) is 9.59. The summed E-state index contributed by atoms with van der Waals surface area (Å²) in [4.78, 5) is 24.1. The third kappa shape index (κ3) is 5.16. The Kier molecular flexibility index (Phi) is 6.36. The van der Waals surface area contributed by atoms with Gasteiger partial charge >= 0.3 is 5.97 Å². The maximum Gasteiger partial charge on any atom is 0.345 e. The molecule has 0 spiro atoms. The molecule has 0 aliphatic carbocycles. The molecule has 6 nitrogen and oxygen atoms in total. The second kappa shape index (κ2) is 8.29. The molecule has 0 unspecified atom stereocenters. The molecule has 0 radical (unpaired) electrons. The topological polar surface area (TPSA) is 84.2 Å². The molecule has 1 amide bonds. The van der Waals surface area contributed by atoms with Gasteiger partial charge in [-0.15, -0.1) is 11.3 Å². The Morgan fingerprint density at radius 2 is 2.04 bits per heavy atom. The number of nitrogens with zero attached hydrogens (tertiary/aromatic N) is 2. The van der Waals surface area contributed by atoms with Gasteiger partial charge in [0.2, 0.25) is 5.91 Å². The van der Waals surface area contributed by atoms with Crippen LogP contribution in [0.15, 0.2) is 12.1 Å². The summed E-state index contributed by atoms with van der Waals surface area (Å²) in [6, 6.07) is 3.29. The van der Waals surface area contributed by atoms with E-state index in [0.29, 0.717) is 25.3 Å². The van der Waals surface area contributed by atoms with Gasteiger partial charge in [-0.2, -0.15) is 5.10 Å². The summed E-state index contributed by atoms with van der Waals surface area (Å²) >= 11 is 1.18. The van der Waals surface area contributed by atoms with Gasteiger partial charge in [0, 0.05) is 23.5 Å². The minimum atomic E-state index is -0.938. The highest BCUT2D eigenvalue weighted by atomic mass is 32.1. The van der Waals surface area contributed by atoms with Crippen molar-refractivity contribution in [1.82, 2.24) is 15.1 Å². The normalized spacial score (nSPS) is 11.1. The zero-order valence-corrected chi connectivity index (χ0v) is 15.9. The van der Waals surface area contributed by atoms with Gasteiger partial charge in [0.15, 0.2) is 0 Å². The zero-order chi connectivity index (χ0) is 18.6. The van der Waals surface area contributed by atoms with Crippen LogP contribution in [0.4, 0.5) is 0 Å². The Labute approximate surface area is 151 Å². The summed E-state index contributed by atoms with van der Waals surface area (Å²) in [5, 5.41) is 16.3. The van der Waals surface area contributed by atoms with E-state index in [1.165, 1.54) is 11.3 Å². The number of carbonyl (C=O) groups excluding carboxylic acids is 1. The van der Waals surface area contributed by atoms with Crippen LogP contribution in [-0.4, -0.2) is 26.8 Å². The van der Waals surface area contributed by atoms with Crippen LogP contribution in [0.2, 0.25) is 0 Å². The maximum atomic E-state index is 12.1. The van der Waals surface area contributed by atoms with Crippen molar-refractivity contribution in [2.75, 3.05) is 0 Å². The second-order valence-corrected chi connectivity index (χ2v) is 7.74. The van der Waals surface area contributed by atoms with E-state index in [1.54, 1.807) is 12.1 Å². The summed E-state index contributed by atoms with van der Waals surface area (Å²) in [7, 11) is 0. The van der Waals surface area contributed by atoms with Gasteiger partial charge in [0.1, 0.15) is 4.88 Å². The van der Waals surface area contributed by atoms with E-state index >= 15 is 0 Å². The van der Waals surface area contributed by atoms with Crippen molar-refractivity contribution < 1.29 is 14.7 Å². The van der Waals surface area contributed by atoms with Gasteiger partial charge in [-0.25, -0.2) is 4.79 Å². The second-order valence-electron chi connectivity index (χ2n) is 6.57. The van der Waals surface area contributed by atoms with E-state index in [4.69, 9.17) is 5.11 Å². The van der Waals surface area contributed by atoms with Crippen LogP contribution in [0.1, 0.15) is 51.8 Å². The quantitative estimate of drug-likeness (QED) is 0.754. The van der Waals surface area contributed by atoms with Gasteiger partial charge in [-0.05, 0) is 43.9 Å². The molecule has 0 saturated heterocycles. The van der Waals surface area contributed by atoms with Crippen molar-refractivity contribution in [1.29, 1.82) is 0 Å². The zero-order valence-electron chi connectivity index (χ0n) is 15.1. The molecule has 2 rings (SSSR count). The van der Waals surface area contributed by atoms with Gasteiger partial charge in [0.05, 0.1) is 12.2 Å². The van der Waals surface area contributed by atoms with Crippen molar-refractivity contribution >= 4 is 23.2 Å². The molecule has 25 heavy (non-hydrogen) atoms. The van der Waals surface area contributed by atoms with E-state index in [1.807, 2.05) is 11.6 Å². The molecule has 0 saturated carbocycles. The minimum Gasteiger partial charge on any atom is -0.477 e. The molecule has 0 bridgehead atoms. The Morgan fingerprint density at radius 1 is 1.32 bits per heavy atom. The Balaban J connectivity index is 1.87. The number of rotatable bonds is 8. The molecule has 2 aromatic rings. The first-order valence-corrected chi connectivity index (χ1v) is 9.21. The molecule has 0 aliphatic heterocycles. The first kappa shape index (κ1) is 19.2. The molecule has 2 heterocycles. The lowest BCUT2D eigenvalue weighted by Gasteiger charge is -2.08. The van der Waals surface area contributed by atoms with Crippen LogP contribution < -0.4 is 5.32 Å². The van der Waals surface area contributed by atoms with Crippen molar-refractivity contribution in [2.24, 2.45) is 5.92 Å². The van der Waals surface area contributed by atoms with Crippen LogP contribution in [0, 0.1) is 19.8 Å². The Morgan fingerprint density at radius 3 is 2.64 bits per heavy atom. The molecular weight excluding hydrogens is 338 g/mol. The number of carbonyl (C=O) groups is 2. The standard InChI is InChI=1S/C18H25N3O3S/c1-11(2)10-21-13(4)15(12(3)20-21)6-8-17(22)19-9-14-5-7-16(25-14)18(23)24/h5,7,11H,6,8-10H2,1-4H3,(H,19,22)(H,23,24). The average molecular weight is 363 g/mol. The fraction of sp³-hybridized carbons (Fsp3) is 0.500. The molecule has 0 aromatic carbocycles. The lowest BCUT2D eigenvalue weighted by molar-refractivity contribution is -0.121. The lowest BCUT2D eigenvalue weighted by Crippen LogP contribution is -2.22. The molecule has 2 N–H and O–H groups in total. The van der Waals surface area contributed by atoms with Crippen molar-refractivity contribution in [3.05, 3.63) is 38.8 Å². The highest BCUT2D eigenvalue weighted by Gasteiger charge is 2.14. The van der Waals surface area contributed by atoms with Gasteiger partial charge in [-0.1, -0.05) is 13.8 Å². The van der Waals surface area contributed by atoms with Crippen LogP contribution >= 0.6 is 11.3 Å². The SMILES string of the molecule is Cc1nn(CC(C)C)c(C)c1CCC(=O)NCc1ccc(C(=O)O)s1. The maximum absolute atomic E-state index is 12.1. The predicted molar refractivity (Wildman–Crippen MR) is 98.0 cm³/mol. The lowest BCUT2D eigenvalue weighted by atomic mass is 10.1. The van der Waals surface area contributed by atoms with Crippen LogP contribution in [-0.2, 0) is 24.3 Å². The molecule has 136 valence electrons. The number of aromatic nitrogens is 2. The van der Waals surface area contributed by atoms with Crippen LogP contribution in [0.25, 0.3) is 0 Å². The van der Waals surface area contributed by atoms with E-state index in [0.717, 1.165) is 28.4 Å². The fourth-order valence-electron chi connectivity index (χ4n) is 2.72. The van der Waals surface area contributed by atoms with Gasteiger partial charge < -0.3 is 10.4 Å². The van der Waals surface area contributed by atoms with Gasteiger partial charge in [0.25, 0.3) is 0 Å². The first-order valence-electron chi connectivity index (χ1n) is 8.39. The van der Waals surface area contributed by atoms with Crippen molar-refractivity contribution in [3.63, 3.8) is 0 Å². The summed E-state index contributed by atoms with van der Waals surface area (Å²) in [5.74, 6) is -0.455. The molecule has 0 atom stereocenters. The number of carboxylic acid groups (broad SMARTS) is 1. The minimum absolute atomic E-state index is 0.0410. The Bertz CT molecular complexity index is 762. The van der Waals surface area contributed by atoms with E-state index in [-0.39, 0.29) is 10.8 Å². The number of nitrogens with one attached hydrogen (secondary N) is 1. The molecule has 0 fully saturated rings. The molecule has 2 aromatic heterocycles. The molecule has 7 heteroatoms. The third-order valence-electron chi connectivity index (χ3n) is 4.00. The van der Waals surface area contributed by atoms with Gasteiger partial charge in [-0.3, -0.25) is 9.48 Å². The average Bonchev–Trinajstić information content (AvgIpc) is 3.09. The number of aromatic carboxylic acids is 1. The number of amides is 1. The number of carboxylic acids is 1. The first-order chi connectivity index (χ1) is 11.8. The summed E-state index contributed by atoms with van der Waals surface area (Å²) in [6.07, 6.45) is 1.05. The van der Waals surface area contributed by atoms with E-state index in [9.17, 15) is 9.59 Å². The monoisotopic (exact) mass is 363 g/mol. The highest BCUT2D eigenvalue weighted by Crippen LogP contribution is 2.18. The molecular formula is C18H25N3O3S. The van der Waals surface area contributed by atoms with Crippen molar-refractivity contribution in [3.8, 4) is 0 Å². The largest absolute Gasteiger partial charge is 0.477 e. The number of aryl methyl sites for hydroxylation is 1. The highest BCUT2D eigenvalue weighted by molar-refractivity contribution is 7.13.